The maximum atomic E-state index is 12.5. The monoisotopic (exact) mass is 280 g/mol. The summed E-state index contributed by atoms with van der Waals surface area (Å²) in [6.45, 7) is 10.9. The lowest BCUT2D eigenvalue weighted by atomic mass is 10.4. The lowest BCUT2D eigenvalue weighted by molar-refractivity contribution is 0.590. The highest BCUT2D eigenvalue weighted by Crippen LogP contribution is 2.60. The minimum Gasteiger partial charge on any atom is -0.317 e. The Bertz CT molecular complexity index is 546. The maximum absolute atomic E-state index is 12.5. The first-order valence-corrected chi connectivity index (χ1v) is 8.48. The molecule has 0 saturated carbocycles. The zero-order chi connectivity index (χ0) is 13.7. The van der Waals surface area contributed by atoms with Crippen molar-refractivity contribution in [1.29, 1.82) is 0 Å². The van der Waals surface area contributed by atoms with E-state index in [0.29, 0.717) is 21.3 Å². The standard InChI is InChI=1S/C14H18O2P2/c1-5-8-10-13-11(4)17(15)12(7-3)14(9-6-2)18(13)16/h5-10,17-18H,1,3H2,2,4H3/b9-6-,10-8-. The van der Waals surface area contributed by atoms with Crippen LogP contribution < -0.4 is 0 Å². The van der Waals surface area contributed by atoms with E-state index in [1.807, 2.05) is 13.0 Å². The van der Waals surface area contributed by atoms with Gasteiger partial charge in [0.1, 0.15) is 15.6 Å². The Morgan fingerprint density at radius 2 is 1.67 bits per heavy atom. The fourth-order valence-electron chi connectivity index (χ4n) is 1.78. The molecule has 1 rings (SSSR count). The number of hydrogen-bond donors (Lipinski definition) is 0. The van der Waals surface area contributed by atoms with Crippen LogP contribution in [0.25, 0.3) is 0 Å². The van der Waals surface area contributed by atoms with Gasteiger partial charge in [-0.3, -0.25) is 0 Å². The van der Waals surface area contributed by atoms with Crippen LogP contribution in [0.15, 0.2) is 70.9 Å². The first-order valence-electron chi connectivity index (χ1n) is 5.67. The van der Waals surface area contributed by atoms with E-state index in [4.69, 9.17) is 0 Å². The molecule has 0 bridgehead atoms. The van der Waals surface area contributed by atoms with Gasteiger partial charge in [-0.1, -0.05) is 49.6 Å². The maximum Gasteiger partial charge on any atom is 0.133 e. The molecular weight excluding hydrogens is 262 g/mol. The molecule has 4 heteroatoms. The van der Waals surface area contributed by atoms with E-state index in [2.05, 4.69) is 13.2 Å². The predicted octanol–water partition coefficient (Wildman–Crippen LogP) is 5.07. The van der Waals surface area contributed by atoms with Crippen LogP contribution >= 0.6 is 15.6 Å². The zero-order valence-corrected chi connectivity index (χ0v) is 12.7. The molecule has 2 unspecified atom stereocenters. The summed E-state index contributed by atoms with van der Waals surface area (Å²) in [6.07, 6.45) is 10.2. The SMILES string of the molecule is C=C/C=C\C1=C(C)[PH](=O)C(C=C)=C(/C=C\C)[PH]1=O. The fraction of sp³-hybridized carbons (Fsp3) is 0.143. The molecule has 96 valence electrons. The smallest absolute Gasteiger partial charge is 0.133 e. The highest BCUT2D eigenvalue weighted by Gasteiger charge is 2.25. The van der Waals surface area contributed by atoms with Gasteiger partial charge in [-0.05, 0) is 19.2 Å². The van der Waals surface area contributed by atoms with E-state index in [0.717, 1.165) is 0 Å². The van der Waals surface area contributed by atoms with Crippen molar-refractivity contribution in [3.8, 4) is 0 Å². The largest absolute Gasteiger partial charge is 0.317 e. The Labute approximate surface area is 110 Å². The van der Waals surface area contributed by atoms with Crippen LogP contribution in [0.1, 0.15) is 13.8 Å². The van der Waals surface area contributed by atoms with Crippen molar-refractivity contribution in [2.75, 3.05) is 0 Å². The second-order valence-electron chi connectivity index (χ2n) is 3.82. The van der Waals surface area contributed by atoms with Crippen LogP contribution in [-0.4, -0.2) is 0 Å². The summed E-state index contributed by atoms with van der Waals surface area (Å²) in [5, 5.41) is 2.69. The molecule has 18 heavy (non-hydrogen) atoms. The van der Waals surface area contributed by atoms with Crippen molar-refractivity contribution in [2.24, 2.45) is 0 Å². The molecule has 0 N–H and O–H groups in total. The fourth-order valence-corrected chi connectivity index (χ4v) is 5.93. The Morgan fingerprint density at radius 1 is 1.00 bits per heavy atom. The quantitative estimate of drug-likeness (QED) is 0.532. The van der Waals surface area contributed by atoms with E-state index in [-0.39, 0.29) is 0 Å². The van der Waals surface area contributed by atoms with Crippen molar-refractivity contribution < 1.29 is 9.13 Å². The molecule has 0 spiro atoms. The molecule has 1 heterocycles. The molecule has 0 aromatic rings. The Hall–Kier alpha value is -1.10. The van der Waals surface area contributed by atoms with Crippen molar-refractivity contribution in [2.45, 2.75) is 13.8 Å². The zero-order valence-electron chi connectivity index (χ0n) is 10.7. The highest BCUT2D eigenvalue weighted by molar-refractivity contribution is 7.63. The molecule has 2 nitrogen and oxygen atoms in total. The van der Waals surface area contributed by atoms with Crippen LogP contribution in [0.3, 0.4) is 0 Å². The van der Waals surface area contributed by atoms with Gasteiger partial charge in [0.25, 0.3) is 0 Å². The Balaban J connectivity index is 3.44. The average molecular weight is 280 g/mol. The van der Waals surface area contributed by atoms with E-state index in [1.54, 1.807) is 37.3 Å². The molecule has 0 aromatic heterocycles. The average Bonchev–Trinajstić information content (AvgIpc) is 2.36. The third kappa shape index (κ3) is 2.83. The highest BCUT2D eigenvalue weighted by atomic mass is 31.1. The Kier molecular flexibility index (Phi) is 5.59. The van der Waals surface area contributed by atoms with Gasteiger partial charge in [0.15, 0.2) is 0 Å². The van der Waals surface area contributed by atoms with Crippen molar-refractivity contribution >= 4 is 15.6 Å². The summed E-state index contributed by atoms with van der Waals surface area (Å²) in [7, 11) is -4.17. The first-order chi connectivity index (χ1) is 8.58. The molecule has 1 aliphatic heterocycles. The third-order valence-corrected chi connectivity index (χ3v) is 7.07. The lowest BCUT2D eigenvalue weighted by Crippen LogP contribution is -1.90. The first kappa shape index (κ1) is 15.0. The van der Waals surface area contributed by atoms with Gasteiger partial charge in [0, 0.05) is 15.9 Å². The second-order valence-corrected chi connectivity index (χ2v) is 7.51. The molecule has 2 atom stereocenters. The molecular formula is C14H18O2P2. The van der Waals surface area contributed by atoms with Crippen LogP contribution in [0.2, 0.25) is 0 Å². The molecule has 0 saturated heterocycles. The summed E-state index contributed by atoms with van der Waals surface area (Å²) in [5.74, 6) is 0. The lowest BCUT2D eigenvalue weighted by Gasteiger charge is -2.19. The minimum atomic E-state index is -2.10. The summed E-state index contributed by atoms with van der Waals surface area (Å²) < 4.78 is 24.9. The van der Waals surface area contributed by atoms with Crippen LogP contribution in [0.4, 0.5) is 0 Å². The summed E-state index contributed by atoms with van der Waals surface area (Å²) in [6, 6.07) is 0. The van der Waals surface area contributed by atoms with E-state index in [9.17, 15) is 9.13 Å². The van der Waals surface area contributed by atoms with Crippen molar-refractivity contribution in [1.82, 2.24) is 0 Å². The molecule has 0 aliphatic carbocycles. The van der Waals surface area contributed by atoms with Crippen molar-refractivity contribution in [3.63, 3.8) is 0 Å². The van der Waals surface area contributed by atoms with Gasteiger partial charge in [0.2, 0.25) is 0 Å². The molecule has 0 radical (unpaired) electrons. The van der Waals surface area contributed by atoms with Crippen LogP contribution in [0, 0.1) is 0 Å². The van der Waals surface area contributed by atoms with Gasteiger partial charge < -0.3 is 9.13 Å². The van der Waals surface area contributed by atoms with Gasteiger partial charge in [-0.2, -0.15) is 0 Å². The molecule has 0 aromatic carbocycles. The van der Waals surface area contributed by atoms with Gasteiger partial charge >= 0.3 is 0 Å². The van der Waals surface area contributed by atoms with E-state index >= 15 is 0 Å². The predicted molar refractivity (Wildman–Crippen MR) is 82.1 cm³/mol. The third-order valence-electron chi connectivity index (χ3n) is 2.71. The van der Waals surface area contributed by atoms with E-state index in [1.165, 1.54) is 0 Å². The topological polar surface area (TPSA) is 34.1 Å². The molecule has 1 aliphatic rings. The Morgan fingerprint density at radius 3 is 2.17 bits per heavy atom. The number of hydrogen-bond acceptors (Lipinski definition) is 2. The van der Waals surface area contributed by atoms with Gasteiger partial charge in [0.05, 0.1) is 0 Å². The van der Waals surface area contributed by atoms with Gasteiger partial charge in [-0.15, -0.1) is 0 Å². The molecule has 0 amide bonds. The summed E-state index contributed by atoms with van der Waals surface area (Å²) >= 11 is 0. The minimum absolute atomic E-state index is 0.634. The number of allylic oxidation sites excluding steroid dienone is 10. The van der Waals surface area contributed by atoms with Crippen LogP contribution in [0.5, 0.6) is 0 Å². The van der Waals surface area contributed by atoms with Crippen LogP contribution in [-0.2, 0) is 9.13 Å². The number of rotatable bonds is 4. The van der Waals surface area contributed by atoms with Gasteiger partial charge in [-0.25, -0.2) is 0 Å². The summed E-state index contributed by atoms with van der Waals surface area (Å²) in [5.41, 5.74) is 0. The second kappa shape index (κ2) is 6.73. The summed E-state index contributed by atoms with van der Waals surface area (Å²) in [4.78, 5) is 0. The molecule has 0 fully saturated rings. The van der Waals surface area contributed by atoms with E-state index < -0.39 is 15.6 Å². The van der Waals surface area contributed by atoms with Crippen molar-refractivity contribution in [3.05, 3.63) is 70.9 Å². The normalized spacial score (nSPS) is 25.2.